The third kappa shape index (κ3) is 5.63. The standard InChI is InChI=1S/C24H33N3O2/c1-19-18-22(19)23-10-8-21(29-23)9-11-24(28)25-12-5-13-26-14-16-27(17-15-26)20-6-3-2-4-7-20/h2-4,6-8,10,19,22H,5,9,11-18H2,1H3,(H,25,28). The van der Waals surface area contributed by atoms with Gasteiger partial charge in [0.2, 0.25) is 5.91 Å². The third-order valence-electron chi connectivity index (χ3n) is 6.22. The number of anilines is 1. The molecule has 0 bridgehead atoms. The average Bonchev–Trinajstić information content (AvgIpc) is 3.30. The van der Waals surface area contributed by atoms with E-state index >= 15 is 0 Å². The number of para-hydroxylation sites is 1. The van der Waals surface area contributed by atoms with Crippen molar-refractivity contribution in [2.24, 2.45) is 5.92 Å². The van der Waals surface area contributed by atoms with Crippen molar-refractivity contribution in [2.45, 2.75) is 38.5 Å². The Kier molecular flexibility index (Phi) is 6.55. The number of benzene rings is 1. The van der Waals surface area contributed by atoms with Gasteiger partial charge in [-0.1, -0.05) is 25.1 Å². The van der Waals surface area contributed by atoms with Gasteiger partial charge < -0.3 is 14.6 Å². The number of aryl methyl sites for hydroxylation is 1. The molecule has 0 radical (unpaired) electrons. The number of hydrogen-bond donors (Lipinski definition) is 1. The van der Waals surface area contributed by atoms with Crippen LogP contribution in [0.3, 0.4) is 0 Å². The van der Waals surface area contributed by atoms with E-state index < -0.39 is 0 Å². The zero-order valence-electron chi connectivity index (χ0n) is 17.5. The van der Waals surface area contributed by atoms with E-state index in [-0.39, 0.29) is 5.91 Å². The van der Waals surface area contributed by atoms with E-state index in [1.54, 1.807) is 0 Å². The highest BCUT2D eigenvalue weighted by atomic mass is 16.3. The van der Waals surface area contributed by atoms with Gasteiger partial charge in [0.25, 0.3) is 0 Å². The molecular formula is C24H33N3O2. The normalized spacial score (nSPS) is 21.9. The van der Waals surface area contributed by atoms with Crippen molar-refractivity contribution in [3.05, 3.63) is 54.0 Å². The van der Waals surface area contributed by atoms with Crippen molar-refractivity contribution in [3.8, 4) is 0 Å². The molecular weight excluding hydrogens is 362 g/mol. The summed E-state index contributed by atoms with van der Waals surface area (Å²) in [6, 6.07) is 14.7. The van der Waals surface area contributed by atoms with Crippen molar-refractivity contribution >= 4 is 11.6 Å². The van der Waals surface area contributed by atoms with Crippen LogP contribution in [0.1, 0.15) is 43.6 Å². The topological polar surface area (TPSA) is 48.7 Å². The number of furan rings is 1. The molecule has 1 aliphatic carbocycles. The first-order valence-corrected chi connectivity index (χ1v) is 11.1. The van der Waals surface area contributed by atoms with E-state index in [2.05, 4.69) is 58.4 Å². The first-order chi connectivity index (χ1) is 14.2. The van der Waals surface area contributed by atoms with Gasteiger partial charge in [0, 0.05) is 57.2 Å². The zero-order valence-corrected chi connectivity index (χ0v) is 17.5. The number of carbonyl (C=O) groups excluding carboxylic acids is 1. The van der Waals surface area contributed by atoms with E-state index in [0.717, 1.165) is 63.1 Å². The summed E-state index contributed by atoms with van der Waals surface area (Å²) in [5.41, 5.74) is 1.31. The molecule has 156 valence electrons. The number of rotatable bonds is 9. The molecule has 1 saturated heterocycles. The second kappa shape index (κ2) is 9.49. The summed E-state index contributed by atoms with van der Waals surface area (Å²) in [6.45, 7) is 8.36. The predicted octanol–water partition coefficient (Wildman–Crippen LogP) is 3.66. The highest BCUT2D eigenvalue weighted by Gasteiger charge is 2.36. The van der Waals surface area contributed by atoms with Crippen molar-refractivity contribution in [1.82, 2.24) is 10.2 Å². The highest BCUT2D eigenvalue weighted by molar-refractivity contribution is 5.76. The number of amides is 1. The van der Waals surface area contributed by atoms with Gasteiger partial charge in [-0.3, -0.25) is 9.69 Å². The van der Waals surface area contributed by atoms with E-state index in [1.807, 2.05) is 6.07 Å². The minimum atomic E-state index is 0.122. The van der Waals surface area contributed by atoms with Gasteiger partial charge in [-0.15, -0.1) is 0 Å². The first kappa shape index (κ1) is 20.0. The zero-order chi connectivity index (χ0) is 20.1. The van der Waals surface area contributed by atoms with Gasteiger partial charge >= 0.3 is 0 Å². The number of hydrogen-bond acceptors (Lipinski definition) is 4. The van der Waals surface area contributed by atoms with Crippen LogP contribution in [0.15, 0.2) is 46.9 Å². The molecule has 5 nitrogen and oxygen atoms in total. The number of nitrogens with zero attached hydrogens (tertiary/aromatic N) is 2. The minimum Gasteiger partial charge on any atom is -0.466 e. The number of carbonyl (C=O) groups is 1. The van der Waals surface area contributed by atoms with Crippen LogP contribution in [0, 0.1) is 5.92 Å². The second-order valence-corrected chi connectivity index (χ2v) is 8.49. The molecule has 29 heavy (non-hydrogen) atoms. The van der Waals surface area contributed by atoms with Crippen molar-refractivity contribution in [2.75, 3.05) is 44.2 Å². The molecule has 0 spiro atoms. The molecule has 1 amide bonds. The first-order valence-electron chi connectivity index (χ1n) is 11.1. The van der Waals surface area contributed by atoms with Crippen LogP contribution >= 0.6 is 0 Å². The van der Waals surface area contributed by atoms with Gasteiger partial charge in [0.05, 0.1) is 0 Å². The maximum Gasteiger partial charge on any atom is 0.220 e. The van der Waals surface area contributed by atoms with Crippen LogP contribution in [-0.4, -0.2) is 50.1 Å². The molecule has 5 heteroatoms. The van der Waals surface area contributed by atoms with E-state index in [9.17, 15) is 4.79 Å². The van der Waals surface area contributed by atoms with Gasteiger partial charge in [-0.25, -0.2) is 0 Å². The fraction of sp³-hybridized carbons (Fsp3) is 0.542. The maximum absolute atomic E-state index is 12.1. The summed E-state index contributed by atoms with van der Waals surface area (Å²) in [4.78, 5) is 17.0. The van der Waals surface area contributed by atoms with Gasteiger partial charge in [-0.05, 0) is 49.6 Å². The molecule has 1 aliphatic heterocycles. The fourth-order valence-corrected chi connectivity index (χ4v) is 4.17. The molecule has 2 atom stereocenters. The summed E-state index contributed by atoms with van der Waals surface area (Å²) in [7, 11) is 0. The molecule has 1 aromatic carbocycles. The summed E-state index contributed by atoms with van der Waals surface area (Å²) in [5.74, 6) is 3.51. The molecule has 1 saturated carbocycles. The monoisotopic (exact) mass is 395 g/mol. The molecule has 2 aliphatic rings. The Morgan fingerprint density at radius 2 is 1.86 bits per heavy atom. The molecule has 2 unspecified atom stereocenters. The Hall–Kier alpha value is -2.27. The molecule has 2 aromatic rings. The average molecular weight is 396 g/mol. The Balaban J connectivity index is 1.07. The van der Waals surface area contributed by atoms with E-state index in [4.69, 9.17) is 4.42 Å². The van der Waals surface area contributed by atoms with Crippen LogP contribution in [0.4, 0.5) is 5.69 Å². The smallest absolute Gasteiger partial charge is 0.220 e. The number of nitrogens with one attached hydrogen (secondary N) is 1. The van der Waals surface area contributed by atoms with Crippen molar-refractivity contribution < 1.29 is 9.21 Å². The largest absolute Gasteiger partial charge is 0.466 e. The van der Waals surface area contributed by atoms with Crippen molar-refractivity contribution in [3.63, 3.8) is 0 Å². The SMILES string of the molecule is CC1CC1c1ccc(CCC(=O)NCCCN2CCN(c3ccccc3)CC2)o1. The lowest BCUT2D eigenvalue weighted by molar-refractivity contribution is -0.121. The molecule has 2 fully saturated rings. The summed E-state index contributed by atoms with van der Waals surface area (Å²) < 4.78 is 5.88. The Bertz CT molecular complexity index is 780. The van der Waals surface area contributed by atoms with E-state index in [0.29, 0.717) is 18.8 Å². The highest BCUT2D eigenvalue weighted by Crippen LogP contribution is 2.47. The minimum absolute atomic E-state index is 0.122. The van der Waals surface area contributed by atoms with Crippen LogP contribution in [0.2, 0.25) is 0 Å². The van der Waals surface area contributed by atoms with Crippen LogP contribution in [0.25, 0.3) is 0 Å². The predicted molar refractivity (Wildman–Crippen MR) is 116 cm³/mol. The lowest BCUT2D eigenvalue weighted by atomic mass is 10.2. The Morgan fingerprint density at radius 1 is 1.10 bits per heavy atom. The molecule has 2 heterocycles. The molecule has 1 aromatic heterocycles. The lowest BCUT2D eigenvalue weighted by Crippen LogP contribution is -2.47. The molecule has 1 N–H and O–H groups in total. The Labute approximate surface area is 174 Å². The van der Waals surface area contributed by atoms with Crippen molar-refractivity contribution in [1.29, 1.82) is 0 Å². The van der Waals surface area contributed by atoms with Crippen LogP contribution < -0.4 is 10.2 Å². The third-order valence-corrected chi connectivity index (χ3v) is 6.22. The quantitative estimate of drug-likeness (QED) is 0.658. The fourth-order valence-electron chi connectivity index (χ4n) is 4.17. The van der Waals surface area contributed by atoms with Gasteiger partial charge in [0.1, 0.15) is 11.5 Å². The van der Waals surface area contributed by atoms with Gasteiger partial charge in [-0.2, -0.15) is 0 Å². The van der Waals surface area contributed by atoms with Crippen LogP contribution in [0.5, 0.6) is 0 Å². The van der Waals surface area contributed by atoms with Gasteiger partial charge in [0.15, 0.2) is 0 Å². The summed E-state index contributed by atoms with van der Waals surface area (Å²) in [6.07, 6.45) is 3.42. The Morgan fingerprint density at radius 3 is 2.59 bits per heavy atom. The van der Waals surface area contributed by atoms with E-state index in [1.165, 1.54) is 12.1 Å². The summed E-state index contributed by atoms with van der Waals surface area (Å²) >= 11 is 0. The number of piperazine rings is 1. The lowest BCUT2D eigenvalue weighted by Gasteiger charge is -2.36. The maximum atomic E-state index is 12.1. The molecule has 4 rings (SSSR count). The van der Waals surface area contributed by atoms with Crippen LogP contribution in [-0.2, 0) is 11.2 Å². The second-order valence-electron chi connectivity index (χ2n) is 8.49. The summed E-state index contributed by atoms with van der Waals surface area (Å²) in [5, 5.41) is 3.06.